The summed E-state index contributed by atoms with van der Waals surface area (Å²) in [7, 11) is 9.14. The lowest BCUT2D eigenvalue weighted by Gasteiger charge is -2.23. The first-order valence-corrected chi connectivity index (χ1v) is 15.2. The maximum atomic E-state index is 12.6. The number of hydrogen-bond donors (Lipinski definition) is 6. The summed E-state index contributed by atoms with van der Waals surface area (Å²) >= 11 is 0. The van der Waals surface area contributed by atoms with Gasteiger partial charge in [-0.3, -0.25) is 4.90 Å². The fourth-order valence-corrected chi connectivity index (χ4v) is 4.48. The summed E-state index contributed by atoms with van der Waals surface area (Å²) < 4.78 is 31.6. The predicted octanol–water partition coefficient (Wildman–Crippen LogP) is 3.81. The fraction of sp³-hybridized carbons (Fsp3) is 0.364. The normalized spacial score (nSPS) is 10.3. The molecule has 0 radical (unpaired) electrons. The van der Waals surface area contributed by atoms with E-state index < -0.39 is 18.1 Å². The topological polar surface area (TPSA) is 182 Å². The van der Waals surface area contributed by atoms with Crippen molar-refractivity contribution in [2.24, 2.45) is 0 Å². The van der Waals surface area contributed by atoms with Gasteiger partial charge in [0.15, 0.2) is 0 Å². The second-order valence-electron chi connectivity index (χ2n) is 10.3. The van der Waals surface area contributed by atoms with E-state index in [-0.39, 0.29) is 19.6 Å². The van der Waals surface area contributed by atoms with E-state index in [0.29, 0.717) is 71.2 Å². The van der Waals surface area contributed by atoms with E-state index in [1.807, 2.05) is 4.90 Å². The van der Waals surface area contributed by atoms with Crippen molar-refractivity contribution in [1.29, 1.82) is 0 Å². The third-order valence-electron chi connectivity index (χ3n) is 6.97. The van der Waals surface area contributed by atoms with Crippen LogP contribution >= 0.6 is 0 Å². The molecule has 3 rings (SSSR count). The number of urea groups is 3. The van der Waals surface area contributed by atoms with E-state index in [1.165, 1.54) is 42.7 Å². The van der Waals surface area contributed by atoms with Gasteiger partial charge in [0.1, 0.15) is 34.5 Å². The maximum absolute atomic E-state index is 12.6. The van der Waals surface area contributed by atoms with Crippen LogP contribution in [0.25, 0.3) is 0 Å². The summed E-state index contributed by atoms with van der Waals surface area (Å²) in [5.41, 5.74) is 1.50. The summed E-state index contributed by atoms with van der Waals surface area (Å²) in [6.45, 7) is 2.08. The molecular weight excluding hydrogens is 638 g/mol. The minimum Gasteiger partial charge on any atom is -0.497 e. The Labute approximate surface area is 285 Å². The highest BCUT2D eigenvalue weighted by molar-refractivity contribution is 5.91. The summed E-state index contributed by atoms with van der Waals surface area (Å²) in [5.74, 6) is 3.19. The molecule has 3 aromatic carbocycles. The van der Waals surface area contributed by atoms with Crippen molar-refractivity contribution in [2.45, 2.75) is 0 Å². The van der Waals surface area contributed by atoms with Crippen LogP contribution in [0.3, 0.4) is 0 Å². The summed E-state index contributed by atoms with van der Waals surface area (Å²) in [6, 6.07) is 13.9. The smallest absolute Gasteiger partial charge is 0.319 e. The number of anilines is 3. The average molecular weight is 684 g/mol. The van der Waals surface area contributed by atoms with Crippen molar-refractivity contribution >= 4 is 35.2 Å². The van der Waals surface area contributed by atoms with E-state index in [9.17, 15) is 14.4 Å². The van der Waals surface area contributed by atoms with Gasteiger partial charge in [0.05, 0.1) is 42.7 Å². The van der Waals surface area contributed by atoms with Crippen LogP contribution < -0.4 is 60.3 Å². The maximum Gasteiger partial charge on any atom is 0.319 e. The molecular formula is C33H45N7O9. The lowest BCUT2D eigenvalue weighted by molar-refractivity contribution is 0.238. The number of methoxy groups -OCH3 is 6. The van der Waals surface area contributed by atoms with Gasteiger partial charge in [-0.25, -0.2) is 14.4 Å². The molecule has 0 bridgehead atoms. The van der Waals surface area contributed by atoms with Crippen LogP contribution in [0.4, 0.5) is 31.4 Å². The van der Waals surface area contributed by atoms with E-state index in [2.05, 4.69) is 31.9 Å². The van der Waals surface area contributed by atoms with E-state index in [4.69, 9.17) is 28.4 Å². The summed E-state index contributed by atoms with van der Waals surface area (Å²) in [6.07, 6.45) is 0. The fourth-order valence-electron chi connectivity index (χ4n) is 4.48. The zero-order valence-corrected chi connectivity index (χ0v) is 28.6. The van der Waals surface area contributed by atoms with Gasteiger partial charge >= 0.3 is 18.1 Å². The number of rotatable bonds is 18. The van der Waals surface area contributed by atoms with Crippen LogP contribution in [-0.4, -0.2) is 105 Å². The van der Waals surface area contributed by atoms with E-state index in [1.54, 1.807) is 54.6 Å². The Balaban J connectivity index is 1.55. The predicted molar refractivity (Wildman–Crippen MR) is 186 cm³/mol. The molecule has 6 N–H and O–H groups in total. The molecule has 0 fully saturated rings. The molecule has 0 spiro atoms. The SMILES string of the molecule is COc1cc(NC(=O)NCCN(CCNC(=O)Nc2cc(OC)cc(OC)c2)CCNC(=O)Nc2cc(OC)cc(OC)c2)cc(OC)c1. The molecule has 0 aliphatic heterocycles. The van der Waals surface area contributed by atoms with Gasteiger partial charge in [0, 0.05) is 111 Å². The molecule has 16 heteroatoms. The molecule has 0 unspecified atom stereocenters. The van der Waals surface area contributed by atoms with Gasteiger partial charge in [-0.2, -0.15) is 0 Å². The van der Waals surface area contributed by atoms with Gasteiger partial charge in [0.2, 0.25) is 0 Å². The molecule has 0 heterocycles. The van der Waals surface area contributed by atoms with Gasteiger partial charge < -0.3 is 60.3 Å². The van der Waals surface area contributed by atoms with Crippen molar-refractivity contribution in [3.63, 3.8) is 0 Å². The molecule has 266 valence electrons. The molecule has 6 amide bonds. The molecule has 0 saturated heterocycles. The second-order valence-corrected chi connectivity index (χ2v) is 10.3. The number of carbonyl (C=O) groups excluding carboxylic acids is 3. The largest absolute Gasteiger partial charge is 0.497 e. The van der Waals surface area contributed by atoms with Crippen molar-refractivity contribution < 1.29 is 42.8 Å². The van der Waals surface area contributed by atoms with E-state index in [0.717, 1.165) is 0 Å². The molecule has 3 aromatic rings. The molecule has 0 aromatic heterocycles. The zero-order valence-electron chi connectivity index (χ0n) is 28.6. The average Bonchev–Trinajstić information content (AvgIpc) is 3.10. The number of benzene rings is 3. The number of ether oxygens (including phenoxy) is 6. The minimum absolute atomic E-state index is 0.276. The lowest BCUT2D eigenvalue weighted by atomic mass is 10.3. The summed E-state index contributed by atoms with van der Waals surface area (Å²) in [5, 5.41) is 16.8. The van der Waals surface area contributed by atoms with Gasteiger partial charge in [-0.1, -0.05) is 0 Å². The Morgan fingerprint density at radius 2 is 0.653 bits per heavy atom. The standard InChI is InChI=1S/C33H45N7O9/c1-44-25-13-22(14-26(19-25)45-2)37-31(41)34-7-10-40(11-8-35-32(42)38-23-15-27(46-3)20-28(16-23)47-4)12-9-36-33(43)39-24-17-29(48-5)21-30(18-24)49-6/h13-21H,7-12H2,1-6H3,(H2,34,37,41)(H2,35,38,42)(H2,36,39,43). The highest BCUT2D eigenvalue weighted by Gasteiger charge is 2.12. The molecule has 0 atom stereocenters. The molecule has 0 aliphatic rings. The van der Waals surface area contributed by atoms with E-state index >= 15 is 0 Å². The number of carbonyl (C=O) groups is 3. The first-order chi connectivity index (χ1) is 23.7. The quantitative estimate of drug-likeness (QED) is 0.115. The highest BCUT2D eigenvalue weighted by Crippen LogP contribution is 2.27. The van der Waals surface area contributed by atoms with Crippen LogP contribution in [-0.2, 0) is 0 Å². The first-order valence-electron chi connectivity index (χ1n) is 15.2. The third kappa shape index (κ3) is 13.1. The molecule has 16 nitrogen and oxygen atoms in total. The van der Waals surface area contributed by atoms with Gasteiger partial charge in [-0.15, -0.1) is 0 Å². The molecule has 0 aliphatic carbocycles. The van der Waals surface area contributed by atoms with Crippen molar-refractivity contribution in [2.75, 3.05) is 97.9 Å². The second kappa shape index (κ2) is 19.8. The van der Waals surface area contributed by atoms with Crippen molar-refractivity contribution in [3.8, 4) is 34.5 Å². The summed E-state index contributed by atoms with van der Waals surface area (Å²) in [4.78, 5) is 39.9. The number of nitrogens with zero attached hydrogens (tertiary/aromatic N) is 1. The number of hydrogen-bond acceptors (Lipinski definition) is 10. The number of amides is 6. The zero-order chi connectivity index (χ0) is 35.6. The molecule has 0 saturated carbocycles. The lowest BCUT2D eigenvalue weighted by Crippen LogP contribution is -2.44. The minimum atomic E-state index is -0.423. The monoisotopic (exact) mass is 683 g/mol. The van der Waals surface area contributed by atoms with Crippen LogP contribution in [0, 0.1) is 0 Å². The van der Waals surface area contributed by atoms with Crippen molar-refractivity contribution in [3.05, 3.63) is 54.6 Å². The third-order valence-corrected chi connectivity index (χ3v) is 6.97. The Kier molecular flexibility index (Phi) is 15.2. The van der Waals surface area contributed by atoms with Crippen LogP contribution in [0.1, 0.15) is 0 Å². The Morgan fingerprint density at radius 1 is 0.429 bits per heavy atom. The Bertz CT molecular complexity index is 1290. The first kappa shape index (κ1) is 37.7. The molecule has 49 heavy (non-hydrogen) atoms. The van der Waals surface area contributed by atoms with Crippen LogP contribution in [0.15, 0.2) is 54.6 Å². The van der Waals surface area contributed by atoms with Gasteiger partial charge in [-0.05, 0) is 0 Å². The van der Waals surface area contributed by atoms with Crippen LogP contribution in [0.5, 0.6) is 34.5 Å². The van der Waals surface area contributed by atoms with Crippen molar-refractivity contribution in [1.82, 2.24) is 20.9 Å². The van der Waals surface area contributed by atoms with Gasteiger partial charge in [0.25, 0.3) is 0 Å². The Hall–Kier alpha value is -5.77. The Morgan fingerprint density at radius 3 is 0.857 bits per heavy atom. The number of nitrogens with one attached hydrogen (secondary N) is 6. The van der Waals surface area contributed by atoms with Crippen LogP contribution in [0.2, 0.25) is 0 Å². The highest BCUT2D eigenvalue weighted by atomic mass is 16.5.